The molecule has 2 aromatic carbocycles. The zero-order valence-electron chi connectivity index (χ0n) is 9.55. The van der Waals surface area contributed by atoms with E-state index >= 15 is 0 Å². The van der Waals surface area contributed by atoms with Crippen molar-refractivity contribution in [2.24, 2.45) is 0 Å². The van der Waals surface area contributed by atoms with Gasteiger partial charge in [-0.3, -0.25) is 4.79 Å². The molecule has 0 aromatic heterocycles. The van der Waals surface area contributed by atoms with Crippen LogP contribution in [0.25, 0.3) is 0 Å². The molecule has 3 heteroatoms. The maximum atomic E-state index is 11.9. The summed E-state index contributed by atoms with van der Waals surface area (Å²) in [5.41, 5.74) is 0.643. The molecule has 0 saturated carbocycles. The topological polar surface area (TPSA) is 17.1 Å². The van der Waals surface area contributed by atoms with Crippen LogP contribution in [0.4, 0.5) is 0 Å². The molecule has 2 aromatic rings. The molecule has 0 aliphatic carbocycles. The molecule has 0 atom stereocenters. The number of hydrogen-bond acceptors (Lipinski definition) is 2. The first-order chi connectivity index (χ1) is 8.75. The Hall–Kier alpha value is -1.51. The number of benzene rings is 2. The van der Waals surface area contributed by atoms with Crippen molar-refractivity contribution in [3.63, 3.8) is 0 Å². The average molecular weight is 275 g/mol. The van der Waals surface area contributed by atoms with Crippen LogP contribution in [0.2, 0.25) is 0 Å². The van der Waals surface area contributed by atoms with Crippen LogP contribution in [0, 0.1) is 0 Å². The van der Waals surface area contributed by atoms with Gasteiger partial charge in [0.25, 0.3) is 0 Å². The van der Waals surface area contributed by atoms with E-state index in [2.05, 4.69) is 0 Å². The number of thioether (sulfide) groups is 1. The lowest BCUT2D eigenvalue weighted by atomic mass is 10.1. The van der Waals surface area contributed by atoms with Crippen molar-refractivity contribution < 1.29 is 4.79 Å². The van der Waals surface area contributed by atoms with Crippen LogP contribution in [-0.4, -0.2) is 5.78 Å². The van der Waals surface area contributed by atoms with E-state index in [-0.39, 0.29) is 5.78 Å². The zero-order chi connectivity index (χ0) is 12.8. The van der Waals surface area contributed by atoms with Crippen LogP contribution in [0.15, 0.2) is 76.0 Å². The van der Waals surface area contributed by atoms with Gasteiger partial charge in [0.2, 0.25) is 0 Å². The Morgan fingerprint density at radius 2 is 1.50 bits per heavy atom. The predicted octanol–water partition coefficient (Wildman–Crippen LogP) is 4.74. The molecule has 0 fully saturated rings. The number of hydrogen-bond donors (Lipinski definition) is 0. The Morgan fingerprint density at radius 1 is 0.944 bits per heavy atom. The van der Waals surface area contributed by atoms with Gasteiger partial charge in [-0.2, -0.15) is 0 Å². The van der Waals surface area contributed by atoms with Crippen LogP contribution < -0.4 is 0 Å². The maximum absolute atomic E-state index is 11.9. The largest absolute Gasteiger partial charge is 0.289 e. The van der Waals surface area contributed by atoms with Crippen molar-refractivity contribution >= 4 is 29.1 Å². The summed E-state index contributed by atoms with van der Waals surface area (Å²) < 4.78 is 0.468. The Labute approximate surface area is 115 Å². The zero-order valence-corrected chi connectivity index (χ0v) is 11.1. The van der Waals surface area contributed by atoms with E-state index in [0.29, 0.717) is 9.93 Å². The van der Waals surface area contributed by atoms with E-state index < -0.39 is 0 Å². The third-order valence-corrected chi connectivity index (χ3v) is 3.42. The molecule has 0 aliphatic heterocycles. The molecule has 0 spiro atoms. The Kier molecular flexibility index (Phi) is 4.62. The third-order valence-electron chi connectivity index (χ3n) is 2.26. The van der Waals surface area contributed by atoms with Gasteiger partial charge < -0.3 is 0 Å². The molecule has 0 N–H and O–H groups in total. The highest BCUT2D eigenvalue weighted by Crippen LogP contribution is 2.29. The summed E-state index contributed by atoms with van der Waals surface area (Å²) in [4.78, 5) is 12.9. The molecule has 2 rings (SSSR count). The van der Waals surface area contributed by atoms with Gasteiger partial charge in [0.1, 0.15) is 0 Å². The van der Waals surface area contributed by atoms with Crippen molar-refractivity contribution in [3.05, 3.63) is 76.7 Å². The summed E-state index contributed by atoms with van der Waals surface area (Å²) >= 11 is 7.44. The number of carbonyl (C=O) groups is 1. The molecule has 0 heterocycles. The Bertz CT molecular complexity index is 549. The number of halogens is 1. The molecule has 1 nitrogen and oxygen atoms in total. The quantitative estimate of drug-likeness (QED) is 0.455. The van der Waals surface area contributed by atoms with Crippen LogP contribution in [0.1, 0.15) is 10.4 Å². The number of allylic oxidation sites excluding steroid dienone is 1. The SMILES string of the molecule is O=C(/C=C(\Cl)Sc1ccccc1)c1ccccc1. The van der Waals surface area contributed by atoms with Gasteiger partial charge in [0.15, 0.2) is 5.78 Å². The van der Waals surface area contributed by atoms with Crippen molar-refractivity contribution in [1.82, 2.24) is 0 Å². The highest BCUT2D eigenvalue weighted by atomic mass is 35.5. The van der Waals surface area contributed by atoms with E-state index in [1.807, 2.05) is 48.5 Å². The number of rotatable bonds is 4. The lowest BCUT2D eigenvalue weighted by molar-refractivity contribution is 0.104. The molecule has 0 aliphatic rings. The van der Waals surface area contributed by atoms with Crippen LogP contribution in [-0.2, 0) is 0 Å². The molecular weight excluding hydrogens is 264 g/mol. The van der Waals surface area contributed by atoms with E-state index in [1.54, 1.807) is 12.1 Å². The van der Waals surface area contributed by atoms with Crippen molar-refractivity contribution in [1.29, 1.82) is 0 Å². The van der Waals surface area contributed by atoms with Crippen LogP contribution in [0.5, 0.6) is 0 Å². The monoisotopic (exact) mass is 274 g/mol. The highest BCUT2D eigenvalue weighted by Gasteiger charge is 2.04. The second-order valence-electron chi connectivity index (χ2n) is 3.59. The molecule has 18 heavy (non-hydrogen) atoms. The standard InChI is InChI=1S/C15H11ClOS/c16-15(18-13-9-5-2-6-10-13)11-14(17)12-7-3-1-4-8-12/h1-11H/b15-11+. The molecule has 0 unspecified atom stereocenters. The highest BCUT2D eigenvalue weighted by molar-refractivity contribution is 8.04. The van der Waals surface area contributed by atoms with Crippen molar-refractivity contribution in [2.75, 3.05) is 0 Å². The smallest absolute Gasteiger partial charge is 0.187 e. The van der Waals surface area contributed by atoms with Crippen LogP contribution >= 0.6 is 23.4 Å². The number of carbonyl (C=O) groups excluding carboxylic acids is 1. The van der Waals surface area contributed by atoms with Crippen LogP contribution in [0.3, 0.4) is 0 Å². The second-order valence-corrected chi connectivity index (χ2v) is 5.34. The van der Waals surface area contributed by atoms with E-state index in [0.717, 1.165) is 4.90 Å². The molecule has 90 valence electrons. The van der Waals surface area contributed by atoms with Gasteiger partial charge in [0, 0.05) is 16.5 Å². The van der Waals surface area contributed by atoms with E-state index in [9.17, 15) is 4.79 Å². The molecule has 0 amide bonds. The summed E-state index contributed by atoms with van der Waals surface area (Å²) in [5, 5.41) is 0. The summed E-state index contributed by atoms with van der Waals surface area (Å²) in [6, 6.07) is 18.8. The minimum absolute atomic E-state index is 0.0796. The molecule has 0 bridgehead atoms. The maximum Gasteiger partial charge on any atom is 0.187 e. The minimum Gasteiger partial charge on any atom is -0.289 e. The van der Waals surface area contributed by atoms with E-state index in [4.69, 9.17) is 11.6 Å². The van der Waals surface area contributed by atoms with Gasteiger partial charge in [-0.1, -0.05) is 71.9 Å². The number of ketones is 1. The summed E-state index contributed by atoms with van der Waals surface area (Å²) in [5.74, 6) is -0.0796. The second kappa shape index (κ2) is 6.43. The first kappa shape index (κ1) is 12.9. The first-order valence-corrected chi connectivity index (χ1v) is 6.64. The summed E-state index contributed by atoms with van der Waals surface area (Å²) in [7, 11) is 0. The lowest BCUT2D eigenvalue weighted by Crippen LogP contribution is -1.93. The predicted molar refractivity (Wildman–Crippen MR) is 77.0 cm³/mol. The molecular formula is C15H11ClOS. The lowest BCUT2D eigenvalue weighted by Gasteiger charge is -1.99. The van der Waals surface area contributed by atoms with Gasteiger partial charge in [-0.25, -0.2) is 0 Å². The normalized spacial score (nSPS) is 11.3. The fourth-order valence-corrected chi connectivity index (χ4v) is 2.47. The molecule has 0 radical (unpaired) electrons. The van der Waals surface area contributed by atoms with Crippen molar-refractivity contribution in [3.8, 4) is 0 Å². The first-order valence-electron chi connectivity index (χ1n) is 5.45. The molecule has 0 saturated heterocycles. The average Bonchev–Trinajstić information content (AvgIpc) is 2.40. The Morgan fingerprint density at radius 3 is 2.11 bits per heavy atom. The fraction of sp³-hybridized carbons (Fsp3) is 0. The van der Waals surface area contributed by atoms with Gasteiger partial charge in [-0.15, -0.1) is 0 Å². The van der Waals surface area contributed by atoms with Gasteiger partial charge in [-0.05, 0) is 12.1 Å². The third kappa shape index (κ3) is 3.76. The van der Waals surface area contributed by atoms with E-state index in [1.165, 1.54) is 17.8 Å². The summed E-state index contributed by atoms with van der Waals surface area (Å²) in [6.07, 6.45) is 1.45. The minimum atomic E-state index is -0.0796. The Balaban J connectivity index is 2.07. The summed E-state index contributed by atoms with van der Waals surface area (Å²) in [6.45, 7) is 0. The van der Waals surface area contributed by atoms with Gasteiger partial charge in [0.05, 0.1) is 4.36 Å². The van der Waals surface area contributed by atoms with Gasteiger partial charge >= 0.3 is 0 Å². The van der Waals surface area contributed by atoms with Crippen molar-refractivity contribution in [2.45, 2.75) is 4.90 Å². The fourth-order valence-electron chi connectivity index (χ4n) is 1.42.